The highest BCUT2D eigenvalue weighted by molar-refractivity contribution is 4.92. The Kier molecular flexibility index (Phi) is 2.55. The van der Waals surface area contributed by atoms with Gasteiger partial charge in [-0.1, -0.05) is 6.92 Å². The predicted octanol–water partition coefficient (Wildman–Crippen LogP) is 1.43. The number of methoxy groups -OCH3 is 1. The fourth-order valence-electron chi connectivity index (χ4n) is 2.19. The van der Waals surface area contributed by atoms with E-state index >= 15 is 0 Å². The second kappa shape index (κ2) is 3.11. The minimum absolute atomic E-state index is 0.0752. The summed E-state index contributed by atoms with van der Waals surface area (Å²) in [6.45, 7) is 4.57. The smallest absolute Gasteiger partial charge is 0.0703 e. The van der Waals surface area contributed by atoms with Crippen molar-refractivity contribution in [1.29, 1.82) is 0 Å². The van der Waals surface area contributed by atoms with Crippen LogP contribution in [0.4, 0.5) is 0 Å². The van der Waals surface area contributed by atoms with Crippen LogP contribution in [0, 0.1) is 11.8 Å². The molecule has 0 aliphatic heterocycles. The highest BCUT2D eigenvalue weighted by atomic mass is 16.5. The van der Waals surface area contributed by atoms with Crippen LogP contribution in [0.2, 0.25) is 0 Å². The van der Waals surface area contributed by atoms with E-state index in [1.807, 2.05) is 0 Å². The fraction of sp³-hybridized carbons (Fsp3) is 1.00. The third kappa shape index (κ3) is 1.57. The molecule has 2 heteroatoms. The number of rotatable bonds is 2. The van der Waals surface area contributed by atoms with Crippen molar-refractivity contribution in [3.8, 4) is 0 Å². The number of aliphatic hydroxyl groups excluding tert-OH is 1. The normalized spacial score (nSPS) is 44.7. The van der Waals surface area contributed by atoms with Crippen LogP contribution < -0.4 is 0 Å². The van der Waals surface area contributed by atoms with E-state index in [0.717, 1.165) is 12.8 Å². The van der Waals surface area contributed by atoms with Crippen molar-refractivity contribution in [2.45, 2.75) is 32.3 Å². The molecular weight excluding hydrogens is 140 g/mol. The molecule has 1 saturated carbocycles. The van der Waals surface area contributed by atoms with Gasteiger partial charge in [0.2, 0.25) is 0 Å². The lowest BCUT2D eigenvalue weighted by molar-refractivity contribution is -0.0421. The van der Waals surface area contributed by atoms with E-state index in [4.69, 9.17) is 9.84 Å². The zero-order valence-corrected chi connectivity index (χ0v) is 7.63. The van der Waals surface area contributed by atoms with E-state index in [0.29, 0.717) is 11.8 Å². The molecule has 0 radical (unpaired) electrons. The van der Waals surface area contributed by atoms with Crippen molar-refractivity contribution in [3.63, 3.8) is 0 Å². The first kappa shape index (κ1) is 9.01. The third-order valence-corrected chi connectivity index (χ3v) is 2.99. The van der Waals surface area contributed by atoms with E-state index in [-0.39, 0.29) is 12.2 Å². The SMILES string of the molecule is CO[C@@]1(C)C[C@H](C)C[C@H]1CO. The van der Waals surface area contributed by atoms with E-state index in [1.54, 1.807) is 7.11 Å². The summed E-state index contributed by atoms with van der Waals surface area (Å²) in [4.78, 5) is 0. The van der Waals surface area contributed by atoms with Crippen molar-refractivity contribution >= 4 is 0 Å². The van der Waals surface area contributed by atoms with Crippen LogP contribution in [-0.2, 0) is 4.74 Å². The van der Waals surface area contributed by atoms with E-state index < -0.39 is 0 Å². The highest BCUT2D eigenvalue weighted by Crippen LogP contribution is 2.41. The molecule has 0 saturated heterocycles. The van der Waals surface area contributed by atoms with Gasteiger partial charge in [-0.15, -0.1) is 0 Å². The summed E-state index contributed by atoms with van der Waals surface area (Å²) in [6.07, 6.45) is 2.18. The maximum Gasteiger partial charge on any atom is 0.0703 e. The van der Waals surface area contributed by atoms with Crippen LogP contribution in [-0.4, -0.2) is 24.4 Å². The van der Waals surface area contributed by atoms with Gasteiger partial charge < -0.3 is 9.84 Å². The maximum absolute atomic E-state index is 9.07. The van der Waals surface area contributed by atoms with Gasteiger partial charge in [0.05, 0.1) is 5.60 Å². The van der Waals surface area contributed by atoms with E-state index in [2.05, 4.69) is 13.8 Å². The molecule has 1 rings (SSSR count). The molecule has 0 unspecified atom stereocenters. The van der Waals surface area contributed by atoms with Crippen molar-refractivity contribution in [2.24, 2.45) is 11.8 Å². The van der Waals surface area contributed by atoms with Crippen LogP contribution in [0.5, 0.6) is 0 Å². The van der Waals surface area contributed by atoms with Crippen LogP contribution in [0.25, 0.3) is 0 Å². The zero-order valence-electron chi connectivity index (χ0n) is 7.63. The monoisotopic (exact) mass is 158 g/mol. The van der Waals surface area contributed by atoms with Gasteiger partial charge in [-0.2, -0.15) is 0 Å². The lowest BCUT2D eigenvalue weighted by Gasteiger charge is -2.28. The predicted molar refractivity (Wildman–Crippen MR) is 44.4 cm³/mol. The molecule has 0 aromatic carbocycles. The Morgan fingerprint density at radius 3 is 2.64 bits per heavy atom. The minimum atomic E-state index is -0.0752. The van der Waals surface area contributed by atoms with Crippen LogP contribution >= 0.6 is 0 Å². The molecule has 0 aromatic rings. The van der Waals surface area contributed by atoms with Crippen molar-refractivity contribution in [3.05, 3.63) is 0 Å². The molecule has 1 N–H and O–H groups in total. The van der Waals surface area contributed by atoms with Gasteiger partial charge in [0.1, 0.15) is 0 Å². The summed E-state index contributed by atoms with van der Waals surface area (Å²) in [5.41, 5.74) is -0.0752. The lowest BCUT2D eigenvalue weighted by atomic mass is 9.94. The van der Waals surface area contributed by atoms with Gasteiger partial charge in [-0.05, 0) is 25.7 Å². The number of hydrogen-bond acceptors (Lipinski definition) is 2. The van der Waals surface area contributed by atoms with Gasteiger partial charge in [0.25, 0.3) is 0 Å². The highest BCUT2D eigenvalue weighted by Gasteiger charge is 2.41. The van der Waals surface area contributed by atoms with Crippen LogP contribution in [0.1, 0.15) is 26.7 Å². The molecule has 1 aliphatic carbocycles. The summed E-state index contributed by atoms with van der Waals surface area (Å²) in [5, 5.41) is 9.07. The molecule has 0 bridgehead atoms. The molecule has 1 fully saturated rings. The second-order valence-corrected chi connectivity index (χ2v) is 3.94. The average Bonchev–Trinajstić information content (AvgIpc) is 2.27. The summed E-state index contributed by atoms with van der Waals surface area (Å²) >= 11 is 0. The number of ether oxygens (including phenoxy) is 1. The molecule has 3 atom stereocenters. The van der Waals surface area contributed by atoms with Gasteiger partial charge in [0, 0.05) is 19.6 Å². The molecular formula is C9H18O2. The molecule has 66 valence electrons. The van der Waals surface area contributed by atoms with Crippen molar-refractivity contribution in [1.82, 2.24) is 0 Å². The Labute approximate surface area is 68.6 Å². The van der Waals surface area contributed by atoms with E-state index in [1.165, 1.54) is 0 Å². The standard InChI is InChI=1S/C9H18O2/c1-7-4-8(6-10)9(2,5-7)11-3/h7-8,10H,4-6H2,1-3H3/t7-,8+,9+/m1/s1. The summed E-state index contributed by atoms with van der Waals surface area (Å²) < 4.78 is 5.41. The van der Waals surface area contributed by atoms with Crippen molar-refractivity contribution < 1.29 is 9.84 Å². The summed E-state index contributed by atoms with van der Waals surface area (Å²) in [5.74, 6) is 1.03. The largest absolute Gasteiger partial charge is 0.396 e. The van der Waals surface area contributed by atoms with E-state index in [9.17, 15) is 0 Å². The molecule has 0 spiro atoms. The Bertz CT molecular complexity index is 136. The fourth-order valence-corrected chi connectivity index (χ4v) is 2.19. The van der Waals surface area contributed by atoms with Gasteiger partial charge in [0.15, 0.2) is 0 Å². The van der Waals surface area contributed by atoms with Crippen LogP contribution in [0.3, 0.4) is 0 Å². The molecule has 0 amide bonds. The summed E-state index contributed by atoms with van der Waals surface area (Å²) in [6, 6.07) is 0. The Morgan fingerprint density at radius 2 is 2.27 bits per heavy atom. The number of hydrogen-bond donors (Lipinski definition) is 1. The topological polar surface area (TPSA) is 29.5 Å². The van der Waals surface area contributed by atoms with Crippen LogP contribution in [0.15, 0.2) is 0 Å². The van der Waals surface area contributed by atoms with Gasteiger partial charge >= 0.3 is 0 Å². The molecule has 11 heavy (non-hydrogen) atoms. The zero-order chi connectivity index (χ0) is 8.48. The van der Waals surface area contributed by atoms with Crippen molar-refractivity contribution in [2.75, 3.05) is 13.7 Å². The first-order valence-corrected chi connectivity index (χ1v) is 4.28. The quantitative estimate of drug-likeness (QED) is 0.658. The Balaban J connectivity index is 2.63. The van der Waals surface area contributed by atoms with Gasteiger partial charge in [-0.3, -0.25) is 0 Å². The molecule has 0 aromatic heterocycles. The minimum Gasteiger partial charge on any atom is -0.396 e. The first-order valence-electron chi connectivity index (χ1n) is 4.28. The van der Waals surface area contributed by atoms with Gasteiger partial charge in [-0.25, -0.2) is 0 Å². The first-order chi connectivity index (χ1) is 5.12. The number of aliphatic hydroxyl groups is 1. The average molecular weight is 158 g/mol. The summed E-state index contributed by atoms with van der Waals surface area (Å²) in [7, 11) is 1.74. The third-order valence-electron chi connectivity index (χ3n) is 2.99. The maximum atomic E-state index is 9.07. The Morgan fingerprint density at radius 1 is 1.64 bits per heavy atom. The second-order valence-electron chi connectivity index (χ2n) is 3.94. The molecule has 2 nitrogen and oxygen atoms in total. The lowest BCUT2D eigenvalue weighted by Crippen LogP contribution is -2.33. The molecule has 1 aliphatic rings. The molecule has 0 heterocycles. The Hall–Kier alpha value is -0.0800.